The number of thioether (sulfide) groups is 1. The second-order valence-electron chi connectivity index (χ2n) is 4.92. The zero-order chi connectivity index (χ0) is 11.0. The molecule has 1 fully saturated rings. The summed E-state index contributed by atoms with van der Waals surface area (Å²) in [6.07, 6.45) is 5.56. The van der Waals surface area contributed by atoms with Gasteiger partial charge in [0.05, 0.1) is 0 Å². The topological polar surface area (TPSA) is 12.0 Å². The third-order valence-electron chi connectivity index (χ3n) is 3.60. The molecule has 0 radical (unpaired) electrons. The van der Waals surface area contributed by atoms with Gasteiger partial charge in [-0.3, -0.25) is 0 Å². The third-order valence-corrected chi connectivity index (χ3v) is 5.96. The molecule has 0 saturated heterocycles. The summed E-state index contributed by atoms with van der Waals surface area (Å²) in [5.74, 6) is 3.57. The SMILES string of the molecule is CNC(CC1CC1)c1cc2c(s1)CCSC2. The maximum Gasteiger partial charge on any atom is 0.0415 e. The van der Waals surface area contributed by atoms with Crippen LogP contribution in [0.4, 0.5) is 0 Å². The molecule has 1 saturated carbocycles. The standard InChI is InChI=1S/C13H19NS2/c1-14-11(6-9-2-3-9)13-7-10-8-15-5-4-12(10)16-13/h7,9,11,14H,2-6,8H2,1H3. The second-order valence-corrected chi connectivity index (χ2v) is 7.19. The quantitative estimate of drug-likeness (QED) is 0.880. The summed E-state index contributed by atoms with van der Waals surface area (Å²) in [7, 11) is 2.11. The smallest absolute Gasteiger partial charge is 0.0415 e. The van der Waals surface area contributed by atoms with Crippen LogP contribution in [0.3, 0.4) is 0 Å². The molecule has 1 aliphatic carbocycles. The van der Waals surface area contributed by atoms with Gasteiger partial charge in [-0.1, -0.05) is 12.8 Å². The molecule has 2 heterocycles. The lowest BCUT2D eigenvalue weighted by Gasteiger charge is -2.13. The van der Waals surface area contributed by atoms with Crippen LogP contribution >= 0.6 is 23.1 Å². The van der Waals surface area contributed by atoms with Gasteiger partial charge in [0.25, 0.3) is 0 Å². The minimum absolute atomic E-state index is 0.619. The molecule has 3 heteroatoms. The van der Waals surface area contributed by atoms with Gasteiger partial charge in [0, 0.05) is 21.5 Å². The summed E-state index contributed by atoms with van der Waals surface area (Å²) in [5.41, 5.74) is 1.62. The first-order valence-corrected chi connectivity index (χ1v) is 8.20. The molecular formula is C13H19NS2. The Hall–Kier alpha value is 0.01000. The van der Waals surface area contributed by atoms with Crippen LogP contribution in [0, 0.1) is 5.92 Å². The van der Waals surface area contributed by atoms with Gasteiger partial charge in [-0.2, -0.15) is 11.8 Å². The molecule has 0 aromatic carbocycles. The minimum Gasteiger partial charge on any atom is -0.312 e. The van der Waals surface area contributed by atoms with E-state index in [0.717, 1.165) is 5.92 Å². The first kappa shape index (κ1) is 11.1. The molecule has 0 bridgehead atoms. The van der Waals surface area contributed by atoms with Crippen LogP contribution in [-0.4, -0.2) is 12.8 Å². The lowest BCUT2D eigenvalue weighted by molar-refractivity contribution is 0.522. The highest BCUT2D eigenvalue weighted by atomic mass is 32.2. The van der Waals surface area contributed by atoms with E-state index in [-0.39, 0.29) is 0 Å². The van der Waals surface area contributed by atoms with E-state index in [1.165, 1.54) is 37.2 Å². The molecule has 1 atom stereocenters. The lowest BCUT2D eigenvalue weighted by Crippen LogP contribution is -2.15. The molecule has 1 unspecified atom stereocenters. The van der Waals surface area contributed by atoms with Gasteiger partial charge in [0.2, 0.25) is 0 Å². The number of thiophene rings is 1. The molecule has 0 spiro atoms. The molecule has 2 aliphatic rings. The van der Waals surface area contributed by atoms with Gasteiger partial charge in [0.1, 0.15) is 0 Å². The largest absolute Gasteiger partial charge is 0.312 e. The summed E-state index contributed by atoms with van der Waals surface area (Å²) in [5, 5.41) is 3.50. The summed E-state index contributed by atoms with van der Waals surface area (Å²) >= 11 is 4.14. The zero-order valence-corrected chi connectivity index (χ0v) is 11.4. The molecule has 1 nitrogen and oxygen atoms in total. The average Bonchev–Trinajstić information content (AvgIpc) is 3.02. The van der Waals surface area contributed by atoms with E-state index in [1.807, 2.05) is 0 Å². The predicted molar refractivity (Wildman–Crippen MR) is 73.3 cm³/mol. The van der Waals surface area contributed by atoms with E-state index in [0.29, 0.717) is 6.04 Å². The fraction of sp³-hybridized carbons (Fsp3) is 0.692. The van der Waals surface area contributed by atoms with Crippen molar-refractivity contribution in [3.8, 4) is 0 Å². The molecular weight excluding hydrogens is 234 g/mol. The van der Waals surface area contributed by atoms with E-state index in [1.54, 1.807) is 15.3 Å². The molecule has 1 aliphatic heterocycles. The predicted octanol–water partition coefficient (Wildman–Crippen LogP) is 3.60. The third kappa shape index (κ3) is 2.31. The van der Waals surface area contributed by atoms with E-state index in [9.17, 15) is 0 Å². The molecule has 1 N–H and O–H groups in total. The highest BCUT2D eigenvalue weighted by molar-refractivity contribution is 7.98. The second kappa shape index (κ2) is 4.71. The highest BCUT2D eigenvalue weighted by Gasteiger charge is 2.27. The zero-order valence-electron chi connectivity index (χ0n) is 9.79. The van der Waals surface area contributed by atoms with Crippen molar-refractivity contribution in [1.82, 2.24) is 5.32 Å². The fourth-order valence-electron chi connectivity index (χ4n) is 2.41. The Morgan fingerprint density at radius 3 is 3.06 bits per heavy atom. The van der Waals surface area contributed by atoms with Crippen LogP contribution in [0.5, 0.6) is 0 Å². The number of fused-ring (bicyclic) bond motifs is 1. The Bertz CT molecular complexity index is 345. The minimum atomic E-state index is 0.619. The Balaban J connectivity index is 1.77. The van der Waals surface area contributed by atoms with Crippen molar-refractivity contribution < 1.29 is 0 Å². The monoisotopic (exact) mass is 253 g/mol. The van der Waals surface area contributed by atoms with Crippen LogP contribution in [0.2, 0.25) is 0 Å². The number of hydrogen-bond donors (Lipinski definition) is 1. The summed E-state index contributed by atoms with van der Waals surface area (Å²) < 4.78 is 0. The average molecular weight is 253 g/mol. The number of hydrogen-bond acceptors (Lipinski definition) is 3. The molecule has 3 rings (SSSR count). The maximum atomic E-state index is 3.50. The van der Waals surface area contributed by atoms with Crippen molar-refractivity contribution in [3.05, 3.63) is 21.4 Å². The van der Waals surface area contributed by atoms with Gasteiger partial charge in [-0.05, 0) is 43.2 Å². The van der Waals surface area contributed by atoms with Crippen molar-refractivity contribution >= 4 is 23.1 Å². The van der Waals surface area contributed by atoms with Crippen molar-refractivity contribution in [2.45, 2.75) is 37.5 Å². The van der Waals surface area contributed by atoms with Gasteiger partial charge in [0.15, 0.2) is 0 Å². The van der Waals surface area contributed by atoms with Crippen molar-refractivity contribution in [2.75, 3.05) is 12.8 Å². The molecule has 88 valence electrons. The fourth-order valence-corrected chi connectivity index (χ4v) is 4.90. The van der Waals surface area contributed by atoms with Crippen LogP contribution in [0.1, 0.15) is 40.6 Å². The number of aryl methyl sites for hydroxylation is 1. The van der Waals surface area contributed by atoms with Crippen molar-refractivity contribution in [2.24, 2.45) is 5.92 Å². The van der Waals surface area contributed by atoms with Crippen LogP contribution < -0.4 is 5.32 Å². The van der Waals surface area contributed by atoms with E-state index >= 15 is 0 Å². The number of nitrogens with one attached hydrogen (secondary N) is 1. The van der Waals surface area contributed by atoms with Crippen LogP contribution in [-0.2, 0) is 12.2 Å². The Labute approximate surface area is 106 Å². The van der Waals surface area contributed by atoms with Crippen molar-refractivity contribution in [3.63, 3.8) is 0 Å². The van der Waals surface area contributed by atoms with E-state index in [2.05, 4.69) is 41.5 Å². The van der Waals surface area contributed by atoms with Gasteiger partial charge >= 0.3 is 0 Å². The van der Waals surface area contributed by atoms with Gasteiger partial charge in [-0.15, -0.1) is 11.3 Å². The van der Waals surface area contributed by atoms with Crippen molar-refractivity contribution in [1.29, 1.82) is 0 Å². The van der Waals surface area contributed by atoms with Crippen LogP contribution in [0.25, 0.3) is 0 Å². The highest BCUT2D eigenvalue weighted by Crippen LogP contribution is 2.41. The summed E-state index contributed by atoms with van der Waals surface area (Å²) in [4.78, 5) is 3.24. The maximum absolute atomic E-state index is 3.50. The Morgan fingerprint density at radius 1 is 1.50 bits per heavy atom. The van der Waals surface area contributed by atoms with Gasteiger partial charge < -0.3 is 5.32 Å². The molecule has 1 aromatic heterocycles. The van der Waals surface area contributed by atoms with Gasteiger partial charge in [-0.25, -0.2) is 0 Å². The van der Waals surface area contributed by atoms with E-state index in [4.69, 9.17) is 0 Å². The Kier molecular flexibility index (Phi) is 3.27. The first-order chi connectivity index (χ1) is 7.86. The summed E-state index contributed by atoms with van der Waals surface area (Å²) in [6.45, 7) is 0. The number of rotatable bonds is 4. The molecule has 0 amide bonds. The Morgan fingerprint density at radius 2 is 2.38 bits per heavy atom. The molecule has 16 heavy (non-hydrogen) atoms. The molecule has 1 aromatic rings. The van der Waals surface area contributed by atoms with Crippen LogP contribution in [0.15, 0.2) is 6.07 Å². The van der Waals surface area contributed by atoms with E-state index < -0.39 is 0 Å². The lowest BCUT2D eigenvalue weighted by atomic mass is 10.1. The summed E-state index contributed by atoms with van der Waals surface area (Å²) in [6, 6.07) is 3.09. The normalized spacial score (nSPS) is 21.8. The first-order valence-electron chi connectivity index (χ1n) is 6.23.